The molecule has 0 unspecified atom stereocenters. The van der Waals surface area contributed by atoms with E-state index < -0.39 is 0 Å². The molecule has 0 fully saturated rings. The van der Waals surface area contributed by atoms with Crippen LogP contribution in [0.2, 0.25) is 5.02 Å². The Labute approximate surface area is 116 Å². The highest BCUT2D eigenvalue weighted by Gasteiger charge is 2.05. The molecule has 4 heteroatoms. The van der Waals surface area contributed by atoms with Crippen LogP contribution >= 0.6 is 11.6 Å². The van der Waals surface area contributed by atoms with Gasteiger partial charge in [-0.1, -0.05) is 17.7 Å². The van der Waals surface area contributed by atoms with Gasteiger partial charge < -0.3 is 9.72 Å². The van der Waals surface area contributed by atoms with Gasteiger partial charge in [0.2, 0.25) is 0 Å². The van der Waals surface area contributed by atoms with Gasteiger partial charge in [0, 0.05) is 33.4 Å². The van der Waals surface area contributed by atoms with Gasteiger partial charge in [-0.2, -0.15) is 0 Å². The summed E-state index contributed by atoms with van der Waals surface area (Å²) in [5, 5.41) is 1.85. The predicted molar refractivity (Wildman–Crippen MR) is 77.7 cm³/mol. The smallest absolute Gasteiger partial charge is 0.138 e. The normalized spacial score (nSPS) is 10.8. The minimum Gasteiger partial charge on any atom is -0.492 e. The van der Waals surface area contributed by atoms with E-state index in [1.807, 2.05) is 37.4 Å². The summed E-state index contributed by atoms with van der Waals surface area (Å²) in [5.41, 5.74) is 3.02. The molecule has 0 radical (unpaired) electrons. The standard InChI is InChI=1S/C15H13ClN2O/c1-2-19-13-5-11(8-17-9-13)14-6-10-3-4-12(16)7-15(10)18-14/h3-9,18H,2H2,1H3. The number of aromatic amines is 1. The van der Waals surface area contributed by atoms with Gasteiger partial charge in [0.05, 0.1) is 12.8 Å². The maximum atomic E-state index is 5.99. The second kappa shape index (κ2) is 4.94. The molecule has 96 valence electrons. The topological polar surface area (TPSA) is 37.9 Å². The number of pyridine rings is 1. The lowest BCUT2D eigenvalue weighted by molar-refractivity contribution is 0.339. The Morgan fingerprint density at radius 2 is 2.11 bits per heavy atom. The number of rotatable bonds is 3. The van der Waals surface area contributed by atoms with Crippen molar-refractivity contribution >= 4 is 22.5 Å². The van der Waals surface area contributed by atoms with Crippen molar-refractivity contribution in [3.8, 4) is 17.0 Å². The second-order valence-corrected chi connectivity index (χ2v) is 4.69. The first-order valence-corrected chi connectivity index (χ1v) is 6.50. The number of nitrogens with zero attached hydrogens (tertiary/aromatic N) is 1. The van der Waals surface area contributed by atoms with Crippen molar-refractivity contribution in [3.05, 3.63) is 47.7 Å². The van der Waals surface area contributed by atoms with Crippen LogP contribution in [-0.4, -0.2) is 16.6 Å². The summed E-state index contributed by atoms with van der Waals surface area (Å²) in [7, 11) is 0. The van der Waals surface area contributed by atoms with Gasteiger partial charge in [0.1, 0.15) is 5.75 Å². The number of nitrogens with one attached hydrogen (secondary N) is 1. The number of halogens is 1. The minimum atomic E-state index is 0.632. The summed E-state index contributed by atoms with van der Waals surface area (Å²) in [6.45, 7) is 2.59. The highest BCUT2D eigenvalue weighted by atomic mass is 35.5. The van der Waals surface area contributed by atoms with Gasteiger partial charge in [0.15, 0.2) is 0 Å². The Hall–Kier alpha value is -2.00. The summed E-state index contributed by atoms with van der Waals surface area (Å²) in [6, 6.07) is 9.86. The fraction of sp³-hybridized carbons (Fsp3) is 0.133. The first-order chi connectivity index (χ1) is 9.26. The highest BCUT2D eigenvalue weighted by molar-refractivity contribution is 6.31. The molecule has 0 aliphatic carbocycles. The molecule has 0 atom stereocenters. The third-order valence-electron chi connectivity index (χ3n) is 2.92. The number of ether oxygens (including phenoxy) is 1. The zero-order valence-corrected chi connectivity index (χ0v) is 11.2. The van der Waals surface area contributed by atoms with Crippen molar-refractivity contribution in [2.24, 2.45) is 0 Å². The summed E-state index contributed by atoms with van der Waals surface area (Å²) in [6.07, 6.45) is 3.53. The molecule has 3 rings (SSSR count). The van der Waals surface area contributed by atoms with Crippen LogP contribution in [0.15, 0.2) is 42.7 Å². The van der Waals surface area contributed by atoms with E-state index in [0.29, 0.717) is 6.61 Å². The van der Waals surface area contributed by atoms with E-state index in [1.54, 1.807) is 6.20 Å². The summed E-state index contributed by atoms with van der Waals surface area (Å²) >= 11 is 5.99. The van der Waals surface area contributed by atoms with E-state index in [1.165, 1.54) is 0 Å². The lowest BCUT2D eigenvalue weighted by atomic mass is 10.2. The second-order valence-electron chi connectivity index (χ2n) is 4.26. The van der Waals surface area contributed by atoms with Crippen molar-refractivity contribution < 1.29 is 4.74 Å². The molecule has 2 aromatic heterocycles. The van der Waals surface area contributed by atoms with Gasteiger partial charge in [0.25, 0.3) is 0 Å². The Bertz CT molecular complexity index is 721. The minimum absolute atomic E-state index is 0.632. The van der Waals surface area contributed by atoms with Gasteiger partial charge in [-0.25, -0.2) is 0 Å². The number of H-pyrrole nitrogens is 1. The monoisotopic (exact) mass is 272 g/mol. The molecule has 0 saturated heterocycles. The van der Waals surface area contributed by atoms with Crippen molar-refractivity contribution in [2.45, 2.75) is 6.92 Å². The molecule has 0 spiro atoms. The lowest BCUT2D eigenvalue weighted by Gasteiger charge is -2.03. The van der Waals surface area contributed by atoms with Gasteiger partial charge >= 0.3 is 0 Å². The summed E-state index contributed by atoms with van der Waals surface area (Å²) < 4.78 is 5.46. The molecule has 1 aromatic carbocycles. The highest BCUT2D eigenvalue weighted by Crippen LogP contribution is 2.27. The molecule has 1 N–H and O–H groups in total. The predicted octanol–water partition coefficient (Wildman–Crippen LogP) is 4.28. The largest absolute Gasteiger partial charge is 0.492 e. The number of aromatic nitrogens is 2. The van der Waals surface area contributed by atoms with Crippen LogP contribution in [0.3, 0.4) is 0 Å². The van der Waals surface area contributed by atoms with E-state index >= 15 is 0 Å². The zero-order valence-electron chi connectivity index (χ0n) is 10.5. The average Bonchev–Trinajstić information content (AvgIpc) is 2.82. The first-order valence-electron chi connectivity index (χ1n) is 6.13. The lowest BCUT2D eigenvalue weighted by Crippen LogP contribution is -1.92. The maximum absolute atomic E-state index is 5.99. The first kappa shape index (κ1) is 12.1. The van der Waals surface area contributed by atoms with E-state index in [-0.39, 0.29) is 0 Å². The number of fused-ring (bicyclic) bond motifs is 1. The SMILES string of the molecule is CCOc1cncc(-c2cc3ccc(Cl)cc3[nH]2)c1. The molecular formula is C15H13ClN2O. The van der Waals surface area contributed by atoms with E-state index in [0.717, 1.165) is 32.9 Å². The van der Waals surface area contributed by atoms with Crippen LogP contribution in [0.1, 0.15) is 6.92 Å². The van der Waals surface area contributed by atoms with E-state index in [9.17, 15) is 0 Å². The molecule has 2 heterocycles. The van der Waals surface area contributed by atoms with Crippen LogP contribution in [0.5, 0.6) is 5.75 Å². The Morgan fingerprint density at radius 3 is 2.95 bits per heavy atom. The number of hydrogen-bond donors (Lipinski definition) is 1. The Morgan fingerprint density at radius 1 is 1.21 bits per heavy atom. The van der Waals surface area contributed by atoms with Crippen LogP contribution < -0.4 is 4.74 Å². The summed E-state index contributed by atoms with van der Waals surface area (Å²) in [4.78, 5) is 7.54. The molecule has 19 heavy (non-hydrogen) atoms. The van der Waals surface area contributed by atoms with E-state index in [2.05, 4.69) is 16.0 Å². The third-order valence-corrected chi connectivity index (χ3v) is 3.15. The van der Waals surface area contributed by atoms with Gasteiger partial charge in [-0.15, -0.1) is 0 Å². The molecule has 3 nitrogen and oxygen atoms in total. The van der Waals surface area contributed by atoms with Crippen molar-refractivity contribution in [1.29, 1.82) is 0 Å². The fourth-order valence-corrected chi connectivity index (χ4v) is 2.24. The number of hydrogen-bond acceptors (Lipinski definition) is 2. The molecule has 3 aromatic rings. The molecule has 0 amide bonds. The molecule has 0 aliphatic rings. The Kier molecular flexibility index (Phi) is 3.13. The van der Waals surface area contributed by atoms with Crippen LogP contribution in [0.25, 0.3) is 22.2 Å². The van der Waals surface area contributed by atoms with Crippen LogP contribution in [-0.2, 0) is 0 Å². The van der Waals surface area contributed by atoms with Gasteiger partial charge in [-0.05, 0) is 31.2 Å². The molecule has 0 aliphatic heterocycles. The molecular weight excluding hydrogens is 260 g/mol. The maximum Gasteiger partial charge on any atom is 0.138 e. The molecule has 0 saturated carbocycles. The zero-order chi connectivity index (χ0) is 13.2. The Balaban J connectivity index is 2.05. The van der Waals surface area contributed by atoms with Gasteiger partial charge in [-0.3, -0.25) is 4.98 Å². The van der Waals surface area contributed by atoms with Crippen molar-refractivity contribution in [3.63, 3.8) is 0 Å². The average molecular weight is 273 g/mol. The van der Waals surface area contributed by atoms with E-state index in [4.69, 9.17) is 16.3 Å². The summed E-state index contributed by atoms with van der Waals surface area (Å²) in [5.74, 6) is 0.775. The van der Waals surface area contributed by atoms with Crippen LogP contribution in [0, 0.1) is 0 Å². The fourth-order valence-electron chi connectivity index (χ4n) is 2.07. The molecule has 0 bridgehead atoms. The van der Waals surface area contributed by atoms with Crippen molar-refractivity contribution in [1.82, 2.24) is 9.97 Å². The number of benzene rings is 1. The quantitative estimate of drug-likeness (QED) is 0.773. The van der Waals surface area contributed by atoms with Crippen molar-refractivity contribution in [2.75, 3.05) is 6.61 Å². The third kappa shape index (κ3) is 2.42. The van der Waals surface area contributed by atoms with Crippen LogP contribution in [0.4, 0.5) is 0 Å².